The maximum Gasteiger partial charge on any atom is 0.00994 e. The summed E-state index contributed by atoms with van der Waals surface area (Å²) in [5.74, 6) is 0. The van der Waals surface area contributed by atoms with Crippen molar-refractivity contribution in [2.24, 2.45) is 0 Å². The van der Waals surface area contributed by atoms with Gasteiger partial charge in [-0.2, -0.15) is 0 Å². The van der Waals surface area contributed by atoms with Crippen LogP contribution in [0.25, 0.3) is 0 Å². The molecule has 1 heteroatoms. The highest BCUT2D eigenvalue weighted by molar-refractivity contribution is 6.14. The lowest BCUT2D eigenvalue weighted by Gasteiger charge is -2.17. The zero-order valence-electron chi connectivity index (χ0n) is 15.8. The van der Waals surface area contributed by atoms with E-state index in [1.807, 2.05) is 0 Å². The van der Waals surface area contributed by atoms with Crippen LogP contribution in [0.2, 0.25) is 5.04 Å². The number of unbranched alkanes of at least 4 members (excludes halogenated alkanes) is 14. The minimum Gasteiger partial charge on any atom is -0.0654 e. The van der Waals surface area contributed by atoms with Crippen LogP contribution in [-0.4, -0.2) is 10.2 Å². The van der Waals surface area contributed by atoms with Crippen molar-refractivity contribution in [3.63, 3.8) is 0 Å². The summed E-state index contributed by atoms with van der Waals surface area (Å²) in [4.78, 5) is 0. The van der Waals surface area contributed by atoms with Crippen molar-refractivity contribution in [1.29, 1.82) is 0 Å². The van der Waals surface area contributed by atoms with E-state index in [1.165, 1.54) is 113 Å². The SMILES string of the molecule is CCCCCCCCCCCCCCCCCC(C)(C)[SiH3]. The summed E-state index contributed by atoms with van der Waals surface area (Å²) in [5, 5.41) is 0.677. The molecule has 0 N–H and O–H groups in total. The second-order valence-corrected chi connectivity index (χ2v) is 11.0. The fourth-order valence-electron chi connectivity index (χ4n) is 3.03. The van der Waals surface area contributed by atoms with Crippen LogP contribution >= 0.6 is 0 Å². The Morgan fingerprint density at radius 3 is 1.10 bits per heavy atom. The second kappa shape index (κ2) is 15.1. The maximum absolute atomic E-state index is 2.42. The van der Waals surface area contributed by atoms with E-state index in [0.717, 1.165) is 0 Å². The van der Waals surface area contributed by atoms with Gasteiger partial charge in [-0.05, 0) is 5.04 Å². The van der Waals surface area contributed by atoms with Crippen molar-refractivity contribution in [1.82, 2.24) is 0 Å². The lowest BCUT2D eigenvalue weighted by atomic mass is 10.0. The van der Waals surface area contributed by atoms with Gasteiger partial charge in [0.05, 0.1) is 0 Å². The van der Waals surface area contributed by atoms with Crippen LogP contribution in [0.1, 0.15) is 124 Å². The van der Waals surface area contributed by atoms with Crippen LogP contribution in [0.5, 0.6) is 0 Å². The molecule has 128 valence electrons. The largest absolute Gasteiger partial charge is 0.0654 e. The lowest BCUT2D eigenvalue weighted by molar-refractivity contribution is 0.511. The second-order valence-electron chi connectivity index (χ2n) is 8.26. The lowest BCUT2D eigenvalue weighted by Crippen LogP contribution is -2.01. The zero-order chi connectivity index (χ0) is 15.8. The van der Waals surface area contributed by atoms with E-state index in [-0.39, 0.29) is 0 Å². The molecule has 0 heterocycles. The minimum atomic E-state index is 0.677. The first-order valence-corrected chi connectivity index (χ1v) is 11.1. The third-order valence-corrected chi connectivity index (χ3v) is 5.03. The predicted molar refractivity (Wildman–Crippen MR) is 104 cm³/mol. The summed E-state index contributed by atoms with van der Waals surface area (Å²) in [7, 11) is 1.35. The highest BCUT2D eigenvalue weighted by Gasteiger charge is 2.08. The molecule has 0 aliphatic rings. The van der Waals surface area contributed by atoms with Gasteiger partial charge in [-0.1, -0.05) is 124 Å². The van der Waals surface area contributed by atoms with E-state index < -0.39 is 0 Å². The highest BCUT2D eigenvalue weighted by Crippen LogP contribution is 2.26. The normalized spacial score (nSPS) is 12.1. The molecule has 0 bridgehead atoms. The molecule has 0 atom stereocenters. The summed E-state index contributed by atoms with van der Waals surface area (Å²) >= 11 is 0. The van der Waals surface area contributed by atoms with E-state index in [4.69, 9.17) is 0 Å². The van der Waals surface area contributed by atoms with Crippen LogP contribution in [0.3, 0.4) is 0 Å². The van der Waals surface area contributed by atoms with Crippen LogP contribution in [0.15, 0.2) is 0 Å². The molecule has 0 saturated carbocycles. The number of rotatable bonds is 16. The molecular weight excluding hydrogens is 268 g/mol. The smallest absolute Gasteiger partial charge is 0.00994 e. The molecule has 0 nitrogen and oxygen atoms in total. The number of hydrogen-bond acceptors (Lipinski definition) is 0. The molecule has 0 aliphatic heterocycles. The molecule has 0 rings (SSSR count). The van der Waals surface area contributed by atoms with Crippen LogP contribution in [-0.2, 0) is 0 Å². The van der Waals surface area contributed by atoms with Gasteiger partial charge in [0.2, 0.25) is 0 Å². The van der Waals surface area contributed by atoms with E-state index in [0.29, 0.717) is 5.04 Å². The Hall–Kier alpha value is 0.217. The van der Waals surface area contributed by atoms with Crippen molar-refractivity contribution in [2.45, 2.75) is 129 Å². The molecule has 0 radical (unpaired) electrons. The van der Waals surface area contributed by atoms with Gasteiger partial charge in [0.25, 0.3) is 0 Å². The van der Waals surface area contributed by atoms with Gasteiger partial charge < -0.3 is 0 Å². The average Bonchev–Trinajstić information content (AvgIpc) is 2.42. The fraction of sp³-hybridized carbons (Fsp3) is 1.00. The third-order valence-electron chi connectivity index (χ3n) is 4.53. The fourth-order valence-corrected chi connectivity index (χ4v) is 3.38. The monoisotopic (exact) mass is 312 g/mol. The minimum absolute atomic E-state index is 0.677. The van der Waals surface area contributed by atoms with Gasteiger partial charge >= 0.3 is 0 Å². The first kappa shape index (κ1) is 21.2. The average molecular weight is 313 g/mol. The van der Waals surface area contributed by atoms with Crippen molar-refractivity contribution >= 4 is 10.2 Å². The topological polar surface area (TPSA) is 0 Å². The molecule has 0 aliphatic carbocycles. The molecule has 0 aromatic rings. The van der Waals surface area contributed by atoms with Crippen LogP contribution in [0.4, 0.5) is 0 Å². The van der Waals surface area contributed by atoms with E-state index >= 15 is 0 Å². The zero-order valence-corrected chi connectivity index (χ0v) is 17.8. The molecule has 0 aromatic heterocycles. The van der Waals surface area contributed by atoms with E-state index in [2.05, 4.69) is 20.8 Å². The molecule has 0 spiro atoms. The van der Waals surface area contributed by atoms with Gasteiger partial charge in [0.15, 0.2) is 0 Å². The van der Waals surface area contributed by atoms with Gasteiger partial charge in [-0.15, -0.1) is 0 Å². The Kier molecular flexibility index (Phi) is 15.3. The molecule has 0 saturated heterocycles. The summed E-state index contributed by atoms with van der Waals surface area (Å²) < 4.78 is 0. The molecular formula is C20H44Si. The van der Waals surface area contributed by atoms with Gasteiger partial charge in [0.1, 0.15) is 0 Å². The first-order chi connectivity index (χ1) is 10.1. The van der Waals surface area contributed by atoms with Crippen molar-refractivity contribution in [3.05, 3.63) is 0 Å². The summed E-state index contributed by atoms with van der Waals surface area (Å²) in [6.07, 6.45) is 23.5. The maximum atomic E-state index is 2.42. The molecule has 0 unspecified atom stereocenters. The van der Waals surface area contributed by atoms with Crippen molar-refractivity contribution in [3.8, 4) is 0 Å². The van der Waals surface area contributed by atoms with Gasteiger partial charge in [-0.3, -0.25) is 0 Å². The standard InChI is InChI=1S/C20H44Si/c1-4-5-6-7-8-9-10-11-12-13-14-15-16-17-18-19-20(2,3)21/h4-19H2,1-3,21H3. The molecule has 0 fully saturated rings. The molecule has 0 aromatic carbocycles. The highest BCUT2D eigenvalue weighted by atomic mass is 28.1. The van der Waals surface area contributed by atoms with Crippen molar-refractivity contribution in [2.75, 3.05) is 0 Å². The summed E-state index contributed by atoms with van der Waals surface area (Å²) in [6.45, 7) is 7.14. The van der Waals surface area contributed by atoms with Crippen molar-refractivity contribution < 1.29 is 0 Å². The molecule has 0 amide bonds. The van der Waals surface area contributed by atoms with Gasteiger partial charge in [-0.25, -0.2) is 0 Å². The van der Waals surface area contributed by atoms with Crippen LogP contribution < -0.4 is 0 Å². The molecule has 21 heavy (non-hydrogen) atoms. The Bertz CT molecular complexity index is 193. The third kappa shape index (κ3) is 20.2. The summed E-state index contributed by atoms with van der Waals surface area (Å²) in [6, 6.07) is 0. The Labute approximate surface area is 139 Å². The van der Waals surface area contributed by atoms with E-state index in [1.54, 1.807) is 0 Å². The summed E-state index contributed by atoms with van der Waals surface area (Å²) in [5.41, 5.74) is 0. The number of hydrogen-bond donors (Lipinski definition) is 0. The Balaban J connectivity index is 3.00. The van der Waals surface area contributed by atoms with Crippen LogP contribution in [0, 0.1) is 0 Å². The Morgan fingerprint density at radius 1 is 0.524 bits per heavy atom. The quantitative estimate of drug-likeness (QED) is 0.217. The van der Waals surface area contributed by atoms with E-state index in [9.17, 15) is 0 Å². The Morgan fingerprint density at radius 2 is 0.810 bits per heavy atom. The van der Waals surface area contributed by atoms with Gasteiger partial charge in [0, 0.05) is 10.2 Å². The predicted octanol–water partition coefficient (Wildman–Crippen LogP) is 6.81. The first-order valence-electron chi connectivity index (χ1n) is 10.1.